The zero-order valence-electron chi connectivity index (χ0n) is 22.2. The van der Waals surface area contributed by atoms with Gasteiger partial charge < -0.3 is 14.8 Å². The highest BCUT2D eigenvalue weighted by Crippen LogP contribution is 2.31. The number of rotatable bonds is 9. The minimum atomic E-state index is -0.599. The summed E-state index contributed by atoms with van der Waals surface area (Å²) in [6.45, 7) is 9.75. The molecule has 1 unspecified atom stereocenters. The number of nitrogens with one attached hydrogen (secondary N) is 2. The summed E-state index contributed by atoms with van der Waals surface area (Å²) in [5.41, 5.74) is 3.62. The summed E-state index contributed by atoms with van der Waals surface area (Å²) in [5, 5.41) is 6.88. The third-order valence-corrected chi connectivity index (χ3v) is 6.21. The van der Waals surface area contributed by atoms with Gasteiger partial charge in [-0.2, -0.15) is 0 Å². The molecule has 0 fully saturated rings. The Balaban J connectivity index is 1.66. The van der Waals surface area contributed by atoms with E-state index in [0.717, 1.165) is 16.9 Å². The molecule has 192 valence electrons. The largest absolute Gasteiger partial charge is 0.497 e. The lowest BCUT2D eigenvalue weighted by molar-refractivity contribution is 0.128. The number of ether oxygens (including phenoxy) is 2. The van der Waals surface area contributed by atoms with Crippen molar-refractivity contribution in [1.82, 2.24) is 5.32 Å². The van der Waals surface area contributed by atoms with Crippen molar-refractivity contribution in [2.24, 2.45) is 0 Å². The molecule has 0 aromatic heterocycles. The van der Waals surface area contributed by atoms with Crippen molar-refractivity contribution in [3.63, 3.8) is 0 Å². The Kier molecular flexibility index (Phi) is 7.50. The van der Waals surface area contributed by atoms with Crippen molar-refractivity contribution in [2.75, 3.05) is 12.4 Å². The SMILES string of the molecule is COc1ccc(C(N[C@H](C)c2ccc(C)cc2)c2cccc(Nc3c(OC(C)(C)C)c(=O)c3=O)c2)cc1. The quantitative estimate of drug-likeness (QED) is 0.277. The Labute approximate surface area is 218 Å². The number of anilines is 2. The van der Waals surface area contributed by atoms with E-state index in [1.165, 1.54) is 11.1 Å². The van der Waals surface area contributed by atoms with Gasteiger partial charge in [0, 0.05) is 11.7 Å². The maximum atomic E-state index is 12.3. The lowest BCUT2D eigenvalue weighted by atomic mass is 9.96. The highest BCUT2D eigenvalue weighted by molar-refractivity contribution is 5.70. The van der Waals surface area contributed by atoms with Crippen molar-refractivity contribution in [3.05, 3.63) is 115 Å². The highest BCUT2D eigenvalue weighted by Gasteiger charge is 2.27. The van der Waals surface area contributed by atoms with Gasteiger partial charge in [0.15, 0.2) is 5.75 Å². The summed E-state index contributed by atoms with van der Waals surface area (Å²) in [4.78, 5) is 24.5. The zero-order chi connectivity index (χ0) is 26.7. The van der Waals surface area contributed by atoms with Gasteiger partial charge in [-0.25, -0.2) is 0 Å². The van der Waals surface area contributed by atoms with Gasteiger partial charge in [0.05, 0.1) is 13.2 Å². The molecule has 0 saturated heterocycles. The van der Waals surface area contributed by atoms with Crippen molar-refractivity contribution in [2.45, 2.75) is 52.3 Å². The van der Waals surface area contributed by atoms with Crippen LogP contribution < -0.4 is 31.0 Å². The zero-order valence-corrected chi connectivity index (χ0v) is 22.2. The van der Waals surface area contributed by atoms with Crippen LogP contribution in [0.2, 0.25) is 0 Å². The molecule has 0 aliphatic carbocycles. The molecule has 0 aliphatic rings. The van der Waals surface area contributed by atoms with Crippen LogP contribution in [-0.2, 0) is 0 Å². The Morgan fingerprint density at radius 1 is 0.811 bits per heavy atom. The average molecular weight is 499 g/mol. The predicted molar refractivity (Wildman–Crippen MR) is 149 cm³/mol. The van der Waals surface area contributed by atoms with Crippen LogP contribution in [0.5, 0.6) is 11.5 Å². The fraction of sp³-hybridized carbons (Fsp3) is 0.290. The van der Waals surface area contributed by atoms with Gasteiger partial charge in [-0.15, -0.1) is 0 Å². The van der Waals surface area contributed by atoms with Crippen LogP contribution in [0.4, 0.5) is 11.4 Å². The predicted octanol–water partition coefficient (Wildman–Crippen LogP) is 5.96. The van der Waals surface area contributed by atoms with Gasteiger partial charge in [0.1, 0.15) is 17.0 Å². The summed E-state index contributed by atoms with van der Waals surface area (Å²) in [7, 11) is 1.65. The van der Waals surface area contributed by atoms with Gasteiger partial charge in [-0.1, -0.05) is 54.1 Å². The maximum absolute atomic E-state index is 12.3. The molecule has 2 atom stereocenters. The second-order valence-electron chi connectivity index (χ2n) is 10.3. The molecular weight excluding hydrogens is 464 g/mol. The van der Waals surface area contributed by atoms with E-state index in [-0.39, 0.29) is 23.5 Å². The van der Waals surface area contributed by atoms with E-state index < -0.39 is 16.5 Å². The van der Waals surface area contributed by atoms with Crippen molar-refractivity contribution in [3.8, 4) is 11.5 Å². The molecular formula is C31H34N2O4. The van der Waals surface area contributed by atoms with Crippen molar-refractivity contribution < 1.29 is 9.47 Å². The molecule has 0 spiro atoms. The summed E-state index contributed by atoms with van der Waals surface area (Å²) in [6.07, 6.45) is 0. The number of hydrogen-bond acceptors (Lipinski definition) is 6. The normalized spacial score (nSPS) is 13.2. The van der Waals surface area contributed by atoms with Crippen molar-refractivity contribution in [1.29, 1.82) is 0 Å². The van der Waals surface area contributed by atoms with Crippen LogP contribution in [0.25, 0.3) is 0 Å². The van der Waals surface area contributed by atoms with E-state index >= 15 is 0 Å². The first kappa shape index (κ1) is 26.2. The van der Waals surface area contributed by atoms with Crippen LogP contribution >= 0.6 is 0 Å². The molecule has 2 N–H and O–H groups in total. The third-order valence-electron chi connectivity index (χ3n) is 6.21. The number of aryl methyl sites for hydroxylation is 1. The smallest absolute Gasteiger partial charge is 0.272 e. The van der Waals surface area contributed by atoms with Crippen LogP contribution in [0.1, 0.15) is 62.0 Å². The van der Waals surface area contributed by atoms with Gasteiger partial charge in [-0.3, -0.25) is 14.9 Å². The van der Waals surface area contributed by atoms with Crippen LogP contribution in [0.15, 0.2) is 82.4 Å². The van der Waals surface area contributed by atoms with Gasteiger partial charge >= 0.3 is 0 Å². The van der Waals surface area contributed by atoms with Gasteiger partial charge in [0.25, 0.3) is 10.9 Å². The van der Waals surface area contributed by atoms with E-state index in [4.69, 9.17) is 9.47 Å². The molecule has 4 aromatic rings. The first-order valence-corrected chi connectivity index (χ1v) is 12.4. The Hall–Kier alpha value is -3.90. The van der Waals surface area contributed by atoms with E-state index in [1.54, 1.807) is 7.11 Å². The van der Waals surface area contributed by atoms with Gasteiger partial charge in [-0.05, 0) is 75.6 Å². The first-order valence-electron chi connectivity index (χ1n) is 12.4. The maximum Gasteiger partial charge on any atom is 0.272 e. The fourth-order valence-electron chi connectivity index (χ4n) is 4.21. The highest BCUT2D eigenvalue weighted by atomic mass is 16.5. The number of benzene rings is 3. The second kappa shape index (κ2) is 10.6. The summed E-state index contributed by atoms with van der Waals surface area (Å²) >= 11 is 0. The molecule has 0 heterocycles. The summed E-state index contributed by atoms with van der Waals surface area (Å²) in [6, 6.07) is 24.3. The number of hydrogen-bond donors (Lipinski definition) is 2. The monoisotopic (exact) mass is 498 g/mol. The molecule has 0 bridgehead atoms. The van der Waals surface area contributed by atoms with Crippen LogP contribution in [0, 0.1) is 6.92 Å². The Bertz CT molecular complexity index is 1430. The Morgan fingerprint density at radius 3 is 2.08 bits per heavy atom. The molecule has 0 amide bonds. The number of methoxy groups -OCH3 is 1. The van der Waals surface area contributed by atoms with Crippen molar-refractivity contribution >= 4 is 11.4 Å². The van der Waals surface area contributed by atoms with Crippen LogP contribution in [0.3, 0.4) is 0 Å². The average Bonchev–Trinajstić information content (AvgIpc) is 2.89. The Morgan fingerprint density at radius 2 is 1.46 bits per heavy atom. The lowest BCUT2D eigenvalue weighted by Gasteiger charge is -2.26. The second-order valence-corrected chi connectivity index (χ2v) is 10.3. The molecule has 0 radical (unpaired) electrons. The lowest BCUT2D eigenvalue weighted by Crippen LogP contribution is -2.39. The minimum Gasteiger partial charge on any atom is -0.497 e. The van der Waals surface area contributed by atoms with E-state index in [2.05, 4.69) is 48.7 Å². The molecule has 6 heteroatoms. The topological polar surface area (TPSA) is 76.7 Å². The van der Waals surface area contributed by atoms with E-state index in [9.17, 15) is 9.59 Å². The molecule has 0 saturated carbocycles. The fourth-order valence-corrected chi connectivity index (χ4v) is 4.21. The molecule has 6 nitrogen and oxygen atoms in total. The minimum absolute atomic E-state index is 0.0737. The first-order chi connectivity index (χ1) is 17.6. The third kappa shape index (κ3) is 6.09. The molecule has 4 aromatic carbocycles. The molecule has 37 heavy (non-hydrogen) atoms. The standard InChI is InChI=1S/C31H34N2O4/c1-19-10-12-21(13-11-19)20(2)32-26(22-14-16-25(36-6)17-15-22)23-8-7-9-24(18-23)33-27-28(34)29(35)30(27)37-31(3,4)5/h7-18,20,26,32-33H,1-6H3/t20-,26?/m1/s1. The summed E-state index contributed by atoms with van der Waals surface area (Å²) < 4.78 is 11.1. The van der Waals surface area contributed by atoms with E-state index in [0.29, 0.717) is 5.69 Å². The van der Waals surface area contributed by atoms with Gasteiger partial charge in [0.2, 0.25) is 0 Å². The van der Waals surface area contributed by atoms with Crippen LogP contribution in [-0.4, -0.2) is 12.7 Å². The van der Waals surface area contributed by atoms with E-state index in [1.807, 2.05) is 69.3 Å². The molecule has 4 rings (SSSR count). The molecule has 0 aliphatic heterocycles. The summed E-state index contributed by atoms with van der Waals surface area (Å²) in [5.74, 6) is 0.872.